The van der Waals surface area contributed by atoms with Crippen molar-refractivity contribution >= 4 is 37.3 Å². The Morgan fingerprint density at radius 2 is 1.67 bits per heavy atom. The summed E-state index contributed by atoms with van der Waals surface area (Å²) in [6.45, 7) is 5.48. The highest BCUT2D eigenvalue weighted by atomic mass is 32.2. The number of nitrogens with one attached hydrogen (secondary N) is 2. The molecule has 0 spiro atoms. The highest BCUT2D eigenvalue weighted by Crippen LogP contribution is 2.29. The van der Waals surface area contributed by atoms with E-state index >= 15 is 0 Å². The van der Waals surface area contributed by atoms with Gasteiger partial charge in [0.15, 0.2) is 0 Å². The summed E-state index contributed by atoms with van der Waals surface area (Å²) in [5.74, 6) is -0.0900. The van der Waals surface area contributed by atoms with Crippen molar-refractivity contribution in [3.05, 3.63) is 24.3 Å². The van der Waals surface area contributed by atoms with E-state index in [1.165, 1.54) is 4.31 Å². The Labute approximate surface area is 179 Å². The maximum atomic E-state index is 12.6. The first-order valence-electron chi connectivity index (χ1n) is 10.3. The van der Waals surface area contributed by atoms with Crippen molar-refractivity contribution < 1.29 is 21.6 Å². The van der Waals surface area contributed by atoms with E-state index in [1.807, 2.05) is 0 Å². The SMILES string of the molecule is CC(C)(C)S(=O)(=O)NC1CCC(C(=O)Nc2ccc(N3CCCS3(=O)=O)cc2)CC1. The molecule has 1 saturated carbocycles. The molecule has 10 heteroatoms. The van der Waals surface area contributed by atoms with Crippen LogP contribution < -0.4 is 14.3 Å². The predicted molar refractivity (Wildman–Crippen MR) is 118 cm³/mol. The van der Waals surface area contributed by atoms with Crippen LogP contribution in [0.15, 0.2) is 24.3 Å². The number of hydrogen-bond donors (Lipinski definition) is 2. The first-order chi connectivity index (χ1) is 13.9. The molecule has 0 radical (unpaired) electrons. The summed E-state index contributed by atoms with van der Waals surface area (Å²) in [7, 11) is -6.62. The van der Waals surface area contributed by atoms with Gasteiger partial charge in [-0.1, -0.05) is 0 Å². The van der Waals surface area contributed by atoms with Gasteiger partial charge in [0.25, 0.3) is 0 Å². The van der Waals surface area contributed by atoms with Gasteiger partial charge in [-0.3, -0.25) is 9.10 Å². The first-order valence-corrected chi connectivity index (χ1v) is 13.4. The van der Waals surface area contributed by atoms with E-state index in [0.717, 1.165) is 0 Å². The van der Waals surface area contributed by atoms with Gasteiger partial charge >= 0.3 is 0 Å². The molecule has 30 heavy (non-hydrogen) atoms. The molecule has 0 aromatic heterocycles. The topological polar surface area (TPSA) is 113 Å². The third-order valence-electron chi connectivity index (χ3n) is 5.75. The molecule has 0 bridgehead atoms. The first kappa shape index (κ1) is 23.0. The molecule has 1 heterocycles. The number of amides is 1. The number of hydrogen-bond acceptors (Lipinski definition) is 5. The highest BCUT2D eigenvalue weighted by Gasteiger charge is 2.34. The van der Waals surface area contributed by atoms with Gasteiger partial charge in [-0.25, -0.2) is 21.6 Å². The minimum atomic E-state index is -3.40. The zero-order chi connectivity index (χ0) is 22.2. The van der Waals surface area contributed by atoms with Crippen molar-refractivity contribution in [2.45, 2.75) is 63.7 Å². The fraction of sp³-hybridized carbons (Fsp3) is 0.650. The second-order valence-corrected chi connectivity index (χ2v) is 13.5. The van der Waals surface area contributed by atoms with Gasteiger partial charge in [0.05, 0.1) is 16.2 Å². The second kappa shape index (κ2) is 8.47. The Kier molecular flexibility index (Phi) is 6.50. The third-order valence-corrected chi connectivity index (χ3v) is 9.87. The average molecular weight is 458 g/mol. The van der Waals surface area contributed by atoms with E-state index in [2.05, 4.69) is 10.0 Å². The van der Waals surface area contributed by atoms with E-state index < -0.39 is 24.8 Å². The van der Waals surface area contributed by atoms with Crippen molar-refractivity contribution in [1.29, 1.82) is 0 Å². The molecule has 1 saturated heterocycles. The third kappa shape index (κ3) is 5.15. The van der Waals surface area contributed by atoms with Crippen LogP contribution in [0.4, 0.5) is 11.4 Å². The summed E-state index contributed by atoms with van der Waals surface area (Å²) in [5.41, 5.74) is 1.23. The molecule has 1 aliphatic carbocycles. The van der Waals surface area contributed by atoms with Crippen LogP contribution in [0.3, 0.4) is 0 Å². The maximum absolute atomic E-state index is 12.6. The molecular weight excluding hydrogens is 426 g/mol. The molecule has 0 atom stereocenters. The van der Waals surface area contributed by atoms with Gasteiger partial charge < -0.3 is 5.32 Å². The van der Waals surface area contributed by atoms with Crippen LogP contribution in [-0.4, -0.2) is 45.8 Å². The zero-order valence-electron chi connectivity index (χ0n) is 17.7. The number of rotatable bonds is 5. The van der Waals surface area contributed by atoms with Crippen LogP contribution in [0.25, 0.3) is 0 Å². The maximum Gasteiger partial charge on any atom is 0.235 e. The van der Waals surface area contributed by atoms with Crippen molar-refractivity contribution in [2.75, 3.05) is 21.9 Å². The van der Waals surface area contributed by atoms with Gasteiger partial charge in [-0.15, -0.1) is 0 Å². The molecular formula is C20H31N3O5S2. The molecule has 2 aliphatic rings. The molecule has 0 unspecified atom stereocenters. The van der Waals surface area contributed by atoms with Crippen LogP contribution >= 0.6 is 0 Å². The zero-order valence-corrected chi connectivity index (χ0v) is 19.4. The monoisotopic (exact) mass is 457 g/mol. The normalized spacial score (nSPS) is 24.6. The lowest BCUT2D eigenvalue weighted by atomic mass is 9.86. The Morgan fingerprint density at radius 1 is 1.07 bits per heavy atom. The lowest BCUT2D eigenvalue weighted by Crippen LogP contribution is -2.46. The predicted octanol–water partition coefficient (Wildman–Crippen LogP) is 2.44. The lowest BCUT2D eigenvalue weighted by molar-refractivity contribution is -0.120. The lowest BCUT2D eigenvalue weighted by Gasteiger charge is -2.30. The average Bonchev–Trinajstić information content (AvgIpc) is 3.01. The van der Waals surface area contributed by atoms with Crippen molar-refractivity contribution in [3.63, 3.8) is 0 Å². The largest absolute Gasteiger partial charge is 0.326 e. The molecule has 1 amide bonds. The van der Waals surface area contributed by atoms with Crippen LogP contribution in [0.5, 0.6) is 0 Å². The molecule has 2 N–H and O–H groups in total. The summed E-state index contributed by atoms with van der Waals surface area (Å²) in [6.07, 6.45) is 3.11. The van der Waals surface area contributed by atoms with E-state index in [4.69, 9.17) is 0 Å². The summed E-state index contributed by atoms with van der Waals surface area (Å²) < 4.78 is 52.0. The van der Waals surface area contributed by atoms with Crippen molar-refractivity contribution in [2.24, 2.45) is 5.92 Å². The number of carbonyl (C=O) groups excluding carboxylic acids is 1. The number of anilines is 2. The van der Waals surface area contributed by atoms with Crippen molar-refractivity contribution in [1.82, 2.24) is 4.72 Å². The van der Waals surface area contributed by atoms with Gasteiger partial charge in [-0.2, -0.15) is 0 Å². The molecule has 1 aromatic rings. The second-order valence-electron chi connectivity index (χ2n) is 9.06. The molecule has 3 rings (SSSR count). The number of nitrogens with zero attached hydrogens (tertiary/aromatic N) is 1. The van der Waals surface area contributed by atoms with Crippen LogP contribution in [0.2, 0.25) is 0 Å². The van der Waals surface area contributed by atoms with Gasteiger partial charge in [0.1, 0.15) is 0 Å². The van der Waals surface area contributed by atoms with E-state index in [1.54, 1.807) is 45.0 Å². The fourth-order valence-corrected chi connectivity index (χ4v) is 6.35. The van der Waals surface area contributed by atoms with Gasteiger partial charge in [0.2, 0.25) is 26.0 Å². The quantitative estimate of drug-likeness (QED) is 0.705. The van der Waals surface area contributed by atoms with Crippen LogP contribution in [0.1, 0.15) is 52.9 Å². The van der Waals surface area contributed by atoms with Gasteiger partial charge in [-0.05, 0) is 77.1 Å². The molecule has 168 valence electrons. The Morgan fingerprint density at radius 3 is 2.17 bits per heavy atom. The van der Waals surface area contributed by atoms with Crippen LogP contribution in [0, 0.1) is 5.92 Å². The van der Waals surface area contributed by atoms with E-state index in [-0.39, 0.29) is 23.6 Å². The minimum absolute atomic E-state index is 0.0892. The Bertz CT molecular complexity index is 974. The number of benzene rings is 1. The van der Waals surface area contributed by atoms with E-state index in [9.17, 15) is 21.6 Å². The Balaban J connectivity index is 1.53. The summed E-state index contributed by atoms with van der Waals surface area (Å²) in [6, 6.07) is 6.70. The molecule has 1 aromatic carbocycles. The smallest absolute Gasteiger partial charge is 0.235 e. The Hall–Kier alpha value is -1.65. The highest BCUT2D eigenvalue weighted by molar-refractivity contribution is 7.93. The van der Waals surface area contributed by atoms with E-state index in [0.29, 0.717) is 50.0 Å². The summed E-state index contributed by atoms with van der Waals surface area (Å²) in [4.78, 5) is 12.6. The standard InChI is InChI=1S/C20H31N3O5S2/c1-20(2,3)30(27,28)22-17-7-5-15(6-8-17)19(24)21-16-9-11-18(12-10-16)23-13-4-14-29(23,25)26/h9-12,15,17,22H,4-8,13-14H2,1-3H3,(H,21,24). The molecule has 1 aliphatic heterocycles. The van der Waals surface area contributed by atoms with Crippen molar-refractivity contribution in [3.8, 4) is 0 Å². The van der Waals surface area contributed by atoms with Crippen LogP contribution in [-0.2, 0) is 24.8 Å². The number of sulfonamides is 2. The molecule has 2 fully saturated rings. The summed E-state index contributed by atoms with van der Waals surface area (Å²) >= 11 is 0. The number of carbonyl (C=O) groups is 1. The minimum Gasteiger partial charge on any atom is -0.326 e. The van der Waals surface area contributed by atoms with Gasteiger partial charge in [0, 0.05) is 24.2 Å². The summed E-state index contributed by atoms with van der Waals surface area (Å²) in [5, 5.41) is 2.89. The fourth-order valence-electron chi connectivity index (χ4n) is 3.75. The molecule has 8 nitrogen and oxygen atoms in total.